The average molecular weight is 201 g/mol. The number of ether oxygens (including phenoxy) is 1. The van der Waals surface area contributed by atoms with E-state index in [1.807, 2.05) is 6.92 Å². The number of fused-ring (bicyclic) bond motifs is 1. The summed E-state index contributed by atoms with van der Waals surface area (Å²) < 4.78 is 5.74. The molecule has 0 amide bonds. The first-order valence-corrected chi connectivity index (χ1v) is 5.36. The lowest BCUT2D eigenvalue weighted by molar-refractivity contribution is 0.314. The molecule has 1 unspecified atom stereocenters. The third-order valence-electron chi connectivity index (χ3n) is 3.00. The van der Waals surface area contributed by atoms with Crippen LogP contribution in [0, 0.1) is 25.2 Å². The molecule has 0 radical (unpaired) electrons. The van der Waals surface area contributed by atoms with Crippen molar-refractivity contribution in [3.8, 4) is 11.8 Å². The van der Waals surface area contributed by atoms with Gasteiger partial charge in [-0.15, -0.1) is 0 Å². The Morgan fingerprint density at radius 2 is 2.07 bits per heavy atom. The van der Waals surface area contributed by atoms with Crippen LogP contribution in [0.15, 0.2) is 12.1 Å². The predicted molar refractivity (Wildman–Crippen MR) is 59.0 cm³/mol. The second kappa shape index (κ2) is 3.94. The molecule has 1 heterocycles. The van der Waals surface area contributed by atoms with Crippen molar-refractivity contribution >= 4 is 0 Å². The number of aryl methyl sites for hydroxylation is 2. The minimum Gasteiger partial charge on any atom is -0.493 e. The summed E-state index contributed by atoms with van der Waals surface area (Å²) in [6.45, 7) is 4.82. The zero-order chi connectivity index (χ0) is 10.8. The number of benzene rings is 1. The first-order chi connectivity index (χ1) is 7.24. The number of rotatable bonds is 0. The Bertz CT molecular complexity index is 417. The number of hydrogen-bond donors (Lipinski definition) is 0. The fraction of sp³-hybridized carbons (Fsp3) is 0.462. The van der Waals surface area contributed by atoms with Gasteiger partial charge in [-0.2, -0.15) is 5.26 Å². The molecule has 0 aliphatic carbocycles. The van der Waals surface area contributed by atoms with Gasteiger partial charge in [-0.1, -0.05) is 12.1 Å². The lowest BCUT2D eigenvalue weighted by atomic mass is 9.90. The zero-order valence-electron chi connectivity index (χ0n) is 9.21. The smallest absolute Gasteiger partial charge is 0.126 e. The maximum atomic E-state index is 9.17. The van der Waals surface area contributed by atoms with Crippen molar-refractivity contribution < 1.29 is 4.74 Å². The second-order valence-electron chi connectivity index (χ2n) is 4.11. The van der Waals surface area contributed by atoms with Gasteiger partial charge in [0.2, 0.25) is 0 Å². The Hall–Kier alpha value is -1.49. The lowest BCUT2D eigenvalue weighted by Crippen LogP contribution is -2.00. The number of nitriles is 1. The first-order valence-electron chi connectivity index (χ1n) is 5.36. The van der Waals surface area contributed by atoms with E-state index in [0.29, 0.717) is 0 Å². The van der Waals surface area contributed by atoms with Crippen molar-refractivity contribution in [1.29, 1.82) is 5.26 Å². The van der Waals surface area contributed by atoms with Crippen LogP contribution in [-0.4, -0.2) is 6.61 Å². The largest absolute Gasteiger partial charge is 0.493 e. The number of hydrogen-bond acceptors (Lipinski definition) is 2. The van der Waals surface area contributed by atoms with E-state index in [2.05, 4.69) is 25.1 Å². The Morgan fingerprint density at radius 1 is 1.33 bits per heavy atom. The molecule has 0 saturated heterocycles. The fourth-order valence-electron chi connectivity index (χ4n) is 2.17. The van der Waals surface area contributed by atoms with E-state index in [4.69, 9.17) is 4.74 Å². The molecule has 1 atom stereocenters. The summed E-state index contributed by atoms with van der Waals surface area (Å²) in [4.78, 5) is 0. The van der Waals surface area contributed by atoms with E-state index >= 15 is 0 Å². The molecule has 0 N–H and O–H groups in total. The second-order valence-corrected chi connectivity index (χ2v) is 4.11. The molecule has 2 heteroatoms. The molecule has 1 aliphatic rings. The van der Waals surface area contributed by atoms with Gasteiger partial charge in [0.1, 0.15) is 5.75 Å². The molecule has 15 heavy (non-hydrogen) atoms. The van der Waals surface area contributed by atoms with Crippen molar-refractivity contribution in [2.45, 2.75) is 32.6 Å². The summed E-state index contributed by atoms with van der Waals surface area (Å²) in [7, 11) is 0. The zero-order valence-corrected chi connectivity index (χ0v) is 9.21. The summed E-state index contributed by atoms with van der Waals surface area (Å²) in [5.41, 5.74) is 3.41. The van der Waals surface area contributed by atoms with Crippen molar-refractivity contribution in [3.63, 3.8) is 0 Å². The van der Waals surface area contributed by atoms with Crippen LogP contribution >= 0.6 is 0 Å². The third-order valence-corrected chi connectivity index (χ3v) is 3.00. The molecule has 2 nitrogen and oxygen atoms in total. The van der Waals surface area contributed by atoms with E-state index in [9.17, 15) is 5.26 Å². The van der Waals surface area contributed by atoms with Crippen LogP contribution in [0.3, 0.4) is 0 Å². The summed E-state index contributed by atoms with van der Waals surface area (Å²) in [5, 5.41) is 9.17. The topological polar surface area (TPSA) is 33.0 Å². The monoisotopic (exact) mass is 201 g/mol. The molecule has 78 valence electrons. The lowest BCUT2D eigenvalue weighted by Gasteiger charge is -2.15. The van der Waals surface area contributed by atoms with Crippen molar-refractivity contribution in [2.75, 3.05) is 6.61 Å². The highest BCUT2D eigenvalue weighted by Gasteiger charge is 2.22. The van der Waals surface area contributed by atoms with E-state index < -0.39 is 0 Å². The van der Waals surface area contributed by atoms with E-state index in [-0.39, 0.29) is 5.92 Å². The van der Waals surface area contributed by atoms with Gasteiger partial charge in [-0.25, -0.2) is 0 Å². The Morgan fingerprint density at radius 3 is 2.80 bits per heavy atom. The van der Waals surface area contributed by atoms with E-state index in [1.165, 1.54) is 5.56 Å². The third kappa shape index (κ3) is 1.70. The Labute approximate surface area is 90.5 Å². The highest BCUT2D eigenvalue weighted by Crippen LogP contribution is 2.37. The highest BCUT2D eigenvalue weighted by molar-refractivity contribution is 5.49. The quantitative estimate of drug-likeness (QED) is 0.646. The van der Waals surface area contributed by atoms with Gasteiger partial charge in [0.05, 0.1) is 18.6 Å². The molecule has 0 aromatic heterocycles. The maximum Gasteiger partial charge on any atom is 0.126 e. The standard InChI is InChI=1S/C13H15NO/c1-9-5-6-10(2)13-12(9)11(8-14)4-3-7-15-13/h5-6,11H,3-4,7H2,1-2H3. The van der Waals surface area contributed by atoms with Crippen LogP contribution in [0.1, 0.15) is 35.4 Å². The van der Waals surface area contributed by atoms with Gasteiger partial charge < -0.3 is 4.74 Å². The van der Waals surface area contributed by atoms with E-state index in [0.717, 1.165) is 36.3 Å². The van der Waals surface area contributed by atoms with Crippen LogP contribution < -0.4 is 4.74 Å². The molecule has 1 aromatic rings. The van der Waals surface area contributed by atoms with Crippen LogP contribution in [0.5, 0.6) is 5.75 Å². The molecule has 2 rings (SSSR count). The number of nitrogens with zero attached hydrogens (tertiary/aromatic N) is 1. The molecular formula is C13H15NO. The van der Waals surface area contributed by atoms with Gasteiger partial charge in [0.25, 0.3) is 0 Å². The van der Waals surface area contributed by atoms with Gasteiger partial charge in [0.15, 0.2) is 0 Å². The van der Waals surface area contributed by atoms with Crippen molar-refractivity contribution in [3.05, 3.63) is 28.8 Å². The normalized spacial score (nSPS) is 19.7. The molecule has 0 fully saturated rings. The van der Waals surface area contributed by atoms with Crippen LogP contribution in [0.4, 0.5) is 0 Å². The maximum absolute atomic E-state index is 9.17. The van der Waals surface area contributed by atoms with Crippen LogP contribution in [0.25, 0.3) is 0 Å². The SMILES string of the molecule is Cc1ccc(C)c2c1OCCCC2C#N. The minimum atomic E-state index is 0.00222. The predicted octanol–water partition coefficient (Wildman–Crippen LogP) is 3.08. The summed E-state index contributed by atoms with van der Waals surface area (Å²) in [6.07, 6.45) is 1.87. The van der Waals surface area contributed by atoms with Gasteiger partial charge >= 0.3 is 0 Å². The van der Waals surface area contributed by atoms with Crippen molar-refractivity contribution in [1.82, 2.24) is 0 Å². The minimum absolute atomic E-state index is 0.00222. The first kappa shape index (κ1) is 10.0. The molecule has 0 saturated carbocycles. The van der Waals surface area contributed by atoms with Crippen molar-refractivity contribution in [2.24, 2.45) is 0 Å². The van der Waals surface area contributed by atoms with Gasteiger partial charge in [0, 0.05) is 5.56 Å². The summed E-state index contributed by atoms with van der Waals surface area (Å²) in [6, 6.07) is 6.53. The average Bonchev–Trinajstić information content (AvgIpc) is 2.46. The molecule has 1 aromatic carbocycles. The van der Waals surface area contributed by atoms with Crippen LogP contribution in [0.2, 0.25) is 0 Å². The molecule has 1 aliphatic heterocycles. The molecule has 0 spiro atoms. The summed E-state index contributed by atoms with van der Waals surface area (Å²) >= 11 is 0. The Balaban J connectivity index is 2.60. The van der Waals surface area contributed by atoms with Crippen LogP contribution in [-0.2, 0) is 0 Å². The van der Waals surface area contributed by atoms with Gasteiger partial charge in [-0.3, -0.25) is 0 Å². The molecular weight excluding hydrogens is 186 g/mol. The Kier molecular flexibility index (Phi) is 2.64. The highest BCUT2D eigenvalue weighted by atomic mass is 16.5. The molecule has 0 bridgehead atoms. The van der Waals surface area contributed by atoms with E-state index in [1.54, 1.807) is 0 Å². The van der Waals surface area contributed by atoms with Gasteiger partial charge in [-0.05, 0) is 37.8 Å². The fourth-order valence-corrected chi connectivity index (χ4v) is 2.17. The summed E-state index contributed by atoms with van der Waals surface area (Å²) in [5.74, 6) is 0.946.